The van der Waals surface area contributed by atoms with E-state index in [9.17, 15) is 9.59 Å². The first kappa shape index (κ1) is 19.9. The quantitative estimate of drug-likeness (QED) is 0.403. The maximum Gasteiger partial charge on any atom is 0.233 e. The molecule has 2 atom stereocenters. The van der Waals surface area contributed by atoms with E-state index in [4.69, 9.17) is 0 Å². The molecule has 0 aromatic carbocycles. The van der Waals surface area contributed by atoms with E-state index in [1.807, 2.05) is 13.8 Å². The van der Waals surface area contributed by atoms with Gasteiger partial charge in [-0.15, -0.1) is 0 Å². The third kappa shape index (κ3) is 9.75. The molecule has 0 radical (unpaired) electrons. The zero-order valence-electron chi connectivity index (χ0n) is 12.4. The summed E-state index contributed by atoms with van der Waals surface area (Å²) < 4.78 is 0. The fourth-order valence-corrected chi connectivity index (χ4v) is 1.94. The Kier molecular flexibility index (Phi) is 12.6. The predicted octanol–water partition coefficient (Wildman–Crippen LogP) is 3.13. The Morgan fingerprint density at radius 2 is 1.15 bits per heavy atom. The van der Waals surface area contributed by atoms with Crippen molar-refractivity contribution in [3.8, 4) is 0 Å². The van der Waals surface area contributed by atoms with Crippen LogP contribution >= 0.6 is 31.9 Å². The summed E-state index contributed by atoms with van der Waals surface area (Å²) in [6, 6.07) is 0. The highest BCUT2D eigenvalue weighted by Gasteiger charge is 2.11. The van der Waals surface area contributed by atoms with Gasteiger partial charge in [0, 0.05) is 13.1 Å². The molecule has 0 aliphatic heterocycles. The highest BCUT2D eigenvalue weighted by Crippen LogP contribution is 2.05. The molecule has 0 aliphatic rings. The SMILES string of the molecule is CCC(Br)C(=O)NCCCCCCNC(=O)C(Br)CC. The number of hydrogen-bond acceptors (Lipinski definition) is 2. The Morgan fingerprint density at radius 1 is 0.800 bits per heavy atom. The minimum Gasteiger partial charge on any atom is -0.355 e. The number of halogens is 2. The molecule has 2 N–H and O–H groups in total. The molecule has 0 heterocycles. The highest BCUT2D eigenvalue weighted by atomic mass is 79.9. The van der Waals surface area contributed by atoms with Gasteiger partial charge in [-0.05, 0) is 25.7 Å². The smallest absolute Gasteiger partial charge is 0.233 e. The van der Waals surface area contributed by atoms with Crippen LogP contribution in [0.2, 0.25) is 0 Å². The monoisotopic (exact) mass is 412 g/mol. The van der Waals surface area contributed by atoms with Crippen LogP contribution in [0.4, 0.5) is 0 Å². The van der Waals surface area contributed by atoms with Crippen LogP contribution in [0.15, 0.2) is 0 Å². The molecule has 0 saturated heterocycles. The summed E-state index contributed by atoms with van der Waals surface area (Å²) >= 11 is 6.64. The van der Waals surface area contributed by atoms with Gasteiger partial charge in [0.2, 0.25) is 11.8 Å². The average Bonchev–Trinajstić information content (AvgIpc) is 2.47. The zero-order chi connectivity index (χ0) is 15.4. The van der Waals surface area contributed by atoms with Gasteiger partial charge in [0.1, 0.15) is 0 Å². The first-order chi connectivity index (χ1) is 9.52. The lowest BCUT2D eigenvalue weighted by molar-refractivity contribution is -0.121. The summed E-state index contributed by atoms with van der Waals surface area (Å²) in [4.78, 5) is 22.8. The van der Waals surface area contributed by atoms with Crippen molar-refractivity contribution < 1.29 is 9.59 Å². The Bertz CT molecular complexity index is 260. The number of amides is 2. The predicted molar refractivity (Wildman–Crippen MR) is 90.5 cm³/mol. The maximum absolute atomic E-state index is 11.5. The van der Waals surface area contributed by atoms with Crippen molar-refractivity contribution in [3.05, 3.63) is 0 Å². The van der Waals surface area contributed by atoms with Gasteiger partial charge in [-0.1, -0.05) is 58.5 Å². The number of carbonyl (C=O) groups is 2. The van der Waals surface area contributed by atoms with E-state index >= 15 is 0 Å². The van der Waals surface area contributed by atoms with Crippen molar-refractivity contribution in [3.63, 3.8) is 0 Å². The van der Waals surface area contributed by atoms with Crippen LogP contribution in [0.1, 0.15) is 52.4 Å². The molecule has 0 aromatic rings. The Labute approximate surface area is 139 Å². The Hall–Kier alpha value is -0.100. The summed E-state index contributed by atoms with van der Waals surface area (Å²) in [5, 5.41) is 5.81. The van der Waals surface area contributed by atoms with E-state index < -0.39 is 0 Å². The minimum atomic E-state index is -0.0755. The molecule has 0 aromatic heterocycles. The van der Waals surface area contributed by atoms with Crippen molar-refractivity contribution in [1.29, 1.82) is 0 Å². The molecule has 0 rings (SSSR count). The van der Waals surface area contributed by atoms with Crippen LogP contribution in [0.3, 0.4) is 0 Å². The first-order valence-corrected chi connectivity index (χ1v) is 9.19. The van der Waals surface area contributed by atoms with Gasteiger partial charge in [-0.3, -0.25) is 9.59 Å². The van der Waals surface area contributed by atoms with Crippen LogP contribution in [-0.2, 0) is 9.59 Å². The third-order valence-electron chi connectivity index (χ3n) is 2.99. The van der Waals surface area contributed by atoms with E-state index in [2.05, 4.69) is 42.5 Å². The van der Waals surface area contributed by atoms with E-state index in [-0.39, 0.29) is 21.5 Å². The van der Waals surface area contributed by atoms with Gasteiger partial charge < -0.3 is 10.6 Å². The molecule has 0 bridgehead atoms. The van der Waals surface area contributed by atoms with Crippen molar-refractivity contribution in [2.45, 2.75) is 62.0 Å². The molecule has 20 heavy (non-hydrogen) atoms. The number of carbonyl (C=O) groups excluding carboxylic acids is 2. The topological polar surface area (TPSA) is 58.2 Å². The summed E-state index contributed by atoms with van der Waals surface area (Å²) in [7, 11) is 0. The van der Waals surface area contributed by atoms with Crippen LogP contribution in [0.25, 0.3) is 0 Å². The summed E-state index contributed by atoms with van der Waals surface area (Å²) in [5.74, 6) is 0.144. The van der Waals surface area contributed by atoms with Gasteiger partial charge in [0.15, 0.2) is 0 Å². The van der Waals surface area contributed by atoms with E-state index in [1.54, 1.807) is 0 Å². The molecule has 0 fully saturated rings. The maximum atomic E-state index is 11.5. The Balaban J connectivity index is 3.37. The Morgan fingerprint density at radius 3 is 1.45 bits per heavy atom. The van der Waals surface area contributed by atoms with Gasteiger partial charge in [0.25, 0.3) is 0 Å². The van der Waals surface area contributed by atoms with Crippen LogP contribution in [0.5, 0.6) is 0 Å². The standard InChI is InChI=1S/C14H26Br2N2O2/c1-3-11(15)13(19)17-9-7-5-6-8-10-18-14(20)12(16)4-2/h11-12H,3-10H2,1-2H3,(H,17,19)(H,18,20). The second-order valence-electron chi connectivity index (χ2n) is 4.75. The number of hydrogen-bond donors (Lipinski definition) is 2. The van der Waals surface area contributed by atoms with Crippen LogP contribution in [-0.4, -0.2) is 34.6 Å². The largest absolute Gasteiger partial charge is 0.355 e. The number of unbranched alkanes of at least 4 members (excludes halogenated alkanes) is 3. The minimum absolute atomic E-state index is 0.0719. The highest BCUT2D eigenvalue weighted by molar-refractivity contribution is 9.10. The fraction of sp³-hybridized carbons (Fsp3) is 0.857. The average molecular weight is 414 g/mol. The number of nitrogens with one attached hydrogen (secondary N) is 2. The summed E-state index contributed by atoms with van der Waals surface area (Å²) in [5.41, 5.74) is 0. The molecule has 4 nitrogen and oxygen atoms in total. The molecular formula is C14H26Br2N2O2. The molecule has 2 unspecified atom stereocenters. The lowest BCUT2D eigenvalue weighted by Crippen LogP contribution is -2.31. The fourth-order valence-electron chi connectivity index (χ4n) is 1.62. The molecule has 118 valence electrons. The number of alkyl halides is 2. The van der Waals surface area contributed by atoms with Gasteiger partial charge in [-0.25, -0.2) is 0 Å². The third-order valence-corrected chi connectivity index (χ3v) is 5.11. The number of rotatable bonds is 11. The van der Waals surface area contributed by atoms with E-state index in [0.29, 0.717) is 0 Å². The second-order valence-corrected chi connectivity index (χ2v) is 6.96. The summed E-state index contributed by atoms with van der Waals surface area (Å²) in [6.45, 7) is 5.41. The zero-order valence-corrected chi connectivity index (χ0v) is 15.6. The van der Waals surface area contributed by atoms with E-state index in [1.165, 1.54) is 0 Å². The van der Waals surface area contributed by atoms with Crippen molar-refractivity contribution in [2.24, 2.45) is 0 Å². The lowest BCUT2D eigenvalue weighted by Gasteiger charge is -2.09. The van der Waals surface area contributed by atoms with Crippen LogP contribution in [0, 0.1) is 0 Å². The molecular weight excluding hydrogens is 388 g/mol. The van der Waals surface area contributed by atoms with Crippen molar-refractivity contribution in [1.82, 2.24) is 10.6 Å². The van der Waals surface area contributed by atoms with Crippen molar-refractivity contribution in [2.75, 3.05) is 13.1 Å². The summed E-state index contributed by atoms with van der Waals surface area (Å²) in [6.07, 6.45) is 5.72. The van der Waals surface area contributed by atoms with E-state index in [0.717, 1.165) is 51.6 Å². The van der Waals surface area contributed by atoms with Gasteiger partial charge >= 0.3 is 0 Å². The van der Waals surface area contributed by atoms with Crippen molar-refractivity contribution >= 4 is 43.7 Å². The lowest BCUT2D eigenvalue weighted by atomic mass is 10.2. The van der Waals surface area contributed by atoms with Gasteiger partial charge in [0.05, 0.1) is 9.65 Å². The molecule has 2 amide bonds. The molecule has 0 spiro atoms. The van der Waals surface area contributed by atoms with Gasteiger partial charge in [-0.2, -0.15) is 0 Å². The second kappa shape index (κ2) is 12.6. The molecule has 0 saturated carbocycles. The van der Waals surface area contributed by atoms with Crippen LogP contribution < -0.4 is 10.6 Å². The normalized spacial score (nSPS) is 13.6. The molecule has 0 aliphatic carbocycles. The first-order valence-electron chi connectivity index (χ1n) is 7.36. The molecule has 6 heteroatoms.